The summed E-state index contributed by atoms with van der Waals surface area (Å²) in [6, 6.07) is 4.16. The fourth-order valence-corrected chi connectivity index (χ4v) is 2.65. The van der Waals surface area contributed by atoms with Crippen LogP contribution in [0.2, 0.25) is 5.02 Å². The minimum absolute atomic E-state index is 0.0220. The zero-order valence-corrected chi connectivity index (χ0v) is 13.3. The molecule has 1 aliphatic rings. The highest BCUT2D eigenvalue weighted by Gasteiger charge is 2.44. The SMILES string of the molecule is CC1(C)CC(=O)N(Cc2cn(-c3ccc(F)c(Cl)c3)nn2)C1=O. The van der Waals surface area contributed by atoms with Gasteiger partial charge in [-0.15, -0.1) is 5.10 Å². The standard InChI is InChI=1S/C15H14ClFN4O2/c1-15(2)6-13(22)20(14(15)23)7-9-8-21(19-18-9)10-3-4-12(17)11(16)5-10/h3-5,8H,6-7H2,1-2H3. The quantitative estimate of drug-likeness (QED) is 0.807. The van der Waals surface area contributed by atoms with Gasteiger partial charge in [-0.1, -0.05) is 30.7 Å². The van der Waals surface area contributed by atoms with Crippen LogP contribution in [0.5, 0.6) is 0 Å². The number of halogens is 2. The van der Waals surface area contributed by atoms with E-state index in [9.17, 15) is 14.0 Å². The van der Waals surface area contributed by atoms with E-state index in [1.165, 1.54) is 27.8 Å². The van der Waals surface area contributed by atoms with Crippen molar-refractivity contribution in [1.82, 2.24) is 19.9 Å². The highest BCUT2D eigenvalue weighted by Crippen LogP contribution is 2.32. The van der Waals surface area contributed by atoms with Crippen LogP contribution in [0.3, 0.4) is 0 Å². The maximum Gasteiger partial charge on any atom is 0.235 e. The molecule has 2 heterocycles. The van der Waals surface area contributed by atoms with Crippen molar-refractivity contribution in [3.8, 4) is 5.69 Å². The number of nitrogens with zero attached hydrogens (tertiary/aromatic N) is 4. The number of carbonyl (C=O) groups is 2. The first-order chi connectivity index (χ1) is 10.8. The molecule has 8 heteroatoms. The molecule has 0 N–H and O–H groups in total. The van der Waals surface area contributed by atoms with Gasteiger partial charge in [-0.25, -0.2) is 9.07 Å². The third-order valence-electron chi connectivity index (χ3n) is 3.75. The molecular formula is C15H14ClFN4O2. The number of aromatic nitrogens is 3. The Kier molecular flexibility index (Phi) is 3.68. The molecule has 0 aliphatic carbocycles. The molecule has 1 saturated heterocycles. The second-order valence-corrected chi connectivity index (χ2v) is 6.51. The van der Waals surface area contributed by atoms with Crippen molar-refractivity contribution in [2.45, 2.75) is 26.8 Å². The zero-order valence-electron chi connectivity index (χ0n) is 12.6. The number of rotatable bonds is 3. The summed E-state index contributed by atoms with van der Waals surface area (Å²) >= 11 is 5.74. The van der Waals surface area contributed by atoms with Gasteiger partial charge < -0.3 is 0 Å². The van der Waals surface area contributed by atoms with E-state index in [2.05, 4.69) is 10.3 Å². The molecule has 0 radical (unpaired) electrons. The first-order valence-electron chi connectivity index (χ1n) is 6.99. The lowest BCUT2D eigenvalue weighted by atomic mass is 9.92. The largest absolute Gasteiger partial charge is 0.276 e. The summed E-state index contributed by atoms with van der Waals surface area (Å²) in [7, 11) is 0. The van der Waals surface area contributed by atoms with Gasteiger partial charge in [0.25, 0.3) is 0 Å². The van der Waals surface area contributed by atoms with Crippen LogP contribution in [0.1, 0.15) is 26.0 Å². The van der Waals surface area contributed by atoms with Crippen LogP contribution in [0.15, 0.2) is 24.4 Å². The lowest BCUT2D eigenvalue weighted by molar-refractivity contribution is -0.141. The molecule has 0 spiro atoms. The van der Waals surface area contributed by atoms with E-state index in [0.29, 0.717) is 11.4 Å². The predicted octanol–water partition coefficient (Wildman–Crippen LogP) is 2.34. The van der Waals surface area contributed by atoms with Crippen LogP contribution in [-0.4, -0.2) is 31.7 Å². The molecule has 23 heavy (non-hydrogen) atoms. The van der Waals surface area contributed by atoms with Gasteiger partial charge in [-0.3, -0.25) is 14.5 Å². The number of carbonyl (C=O) groups excluding carboxylic acids is 2. The van der Waals surface area contributed by atoms with E-state index in [4.69, 9.17) is 11.6 Å². The molecular weight excluding hydrogens is 323 g/mol. The Morgan fingerprint density at radius 3 is 2.70 bits per heavy atom. The molecule has 120 valence electrons. The summed E-state index contributed by atoms with van der Waals surface area (Å²) in [6.45, 7) is 3.55. The van der Waals surface area contributed by atoms with E-state index in [-0.39, 0.29) is 29.8 Å². The maximum atomic E-state index is 13.2. The van der Waals surface area contributed by atoms with Gasteiger partial charge in [0.05, 0.1) is 28.9 Å². The van der Waals surface area contributed by atoms with Gasteiger partial charge in [0.2, 0.25) is 11.8 Å². The number of hydrogen-bond donors (Lipinski definition) is 0. The zero-order chi connectivity index (χ0) is 16.8. The normalized spacial score (nSPS) is 17.1. The van der Waals surface area contributed by atoms with Crippen molar-refractivity contribution >= 4 is 23.4 Å². The van der Waals surface area contributed by atoms with Gasteiger partial charge in [-0.05, 0) is 18.2 Å². The Hall–Kier alpha value is -2.28. The van der Waals surface area contributed by atoms with Gasteiger partial charge in [0.1, 0.15) is 11.5 Å². The van der Waals surface area contributed by atoms with Crippen LogP contribution in [0, 0.1) is 11.2 Å². The van der Waals surface area contributed by atoms with Crippen molar-refractivity contribution in [2.24, 2.45) is 5.41 Å². The Balaban J connectivity index is 1.81. The lowest BCUT2D eigenvalue weighted by Crippen LogP contribution is -2.32. The molecule has 2 amide bonds. The first-order valence-corrected chi connectivity index (χ1v) is 7.37. The first kappa shape index (κ1) is 15.6. The molecule has 0 bridgehead atoms. The lowest BCUT2D eigenvalue weighted by Gasteiger charge is -2.16. The van der Waals surface area contributed by atoms with E-state index in [1.807, 2.05) is 0 Å². The Morgan fingerprint density at radius 1 is 1.35 bits per heavy atom. The third kappa shape index (κ3) is 2.84. The second kappa shape index (κ2) is 5.42. The topological polar surface area (TPSA) is 68.1 Å². The third-order valence-corrected chi connectivity index (χ3v) is 4.04. The van der Waals surface area contributed by atoms with E-state index < -0.39 is 11.2 Å². The molecule has 3 rings (SSSR count). The van der Waals surface area contributed by atoms with Crippen LogP contribution in [0.25, 0.3) is 5.69 Å². The Bertz CT molecular complexity index is 803. The molecule has 1 aliphatic heterocycles. The summed E-state index contributed by atoms with van der Waals surface area (Å²) < 4.78 is 14.6. The van der Waals surface area contributed by atoms with Crippen LogP contribution >= 0.6 is 11.6 Å². The van der Waals surface area contributed by atoms with Crippen molar-refractivity contribution in [1.29, 1.82) is 0 Å². The molecule has 1 fully saturated rings. The van der Waals surface area contributed by atoms with E-state index in [0.717, 1.165) is 0 Å². The number of amides is 2. The van der Waals surface area contributed by atoms with Crippen LogP contribution in [-0.2, 0) is 16.1 Å². The number of likely N-dealkylation sites (tertiary alicyclic amines) is 1. The average molecular weight is 337 g/mol. The van der Waals surface area contributed by atoms with Crippen LogP contribution < -0.4 is 0 Å². The smallest absolute Gasteiger partial charge is 0.235 e. The Labute approximate surface area is 136 Å². The summed E-state index contributed by atoms with van der Waals surface area (Å²) in [6.07, 6.45) is 1.77. The molecule has 2 aromatic rings. The van der Waals surface area contributed by atoms with Crippen molar-refractivity contribution < 1.29 is 14.0 Å². The highest BCUT2D eigenvalue weighted by atomic mass is 35.5. The second-order valence-electron chi connectivity index (χ2n) is 6.10. The molecule has 0 saturated carbocycles. The van der Waals surface area contributed by atoms with Gasteiger partial charge in [0, 0.05) is 6.42 Å². The minimum Gasteiger partial charge on any atom is -0.276 e. The summed E-state index contributed by atoms with van der Waals surface area (Å²) in [5.41, 5.74) is 0.316. The summed E-state index contributed by atoms with van der Waals surface area (Å²) in [5, 5.41) is 7.85. The molecule has 0 atom stereocenters. The van der Waals surface area contributed by atoms with Crippen molar-refractivity contribution in [3.05, 3.63) is 40.9 Å². The number of hydrogen-bond acceptors (Lipinski definition) is 4. The highest BCUT2D eigenvalue weighted by molar-refractivity contribution is 6.30. The predicted molar refractivity (Wildman–Crippen MR) is 80.3 cm³/mol. The monoisotopic (exact) mass is 336 g/mol. The molecule has 6 nitrogen and oxygen atoms in total. The van der Waals surface area contributed by atoms with Crippen molar-refractivity contribution in [3.63, 3.8) is 0 Å². The maximum absolute atomic E-state index is 13.2. The fraction of sp³-hybridized carbons (Fsp3) is 0.333. The summed E-state index contributed by atoms with van der Waals surface area (Å²) in [4.78, 5) is 25.3. The number of benzene rings is 1. The summed E-state index contributed by atoms with van der Waals surface area (Å²) in [5.74, 6) is -0.965. The van der Waals surface area contributed by atoms with Crippen molar-refractivity contribution in [2.75, 3.05) is 0 Å². The molecule has 0 unspecified atom stereocenters. The number of imide groups is 1. The fourth-order valence-electron chi connectivity index (χ4n) is 2.47. The van der Waals surface area contributed by atoms with E-state index in [1.54, 1.807) is 20.0 Å². The van der Waals surface area contributed by atoms with Gasteiger partial charge in [-0.2, -0.15) is 0 Å². The average Bonchev–Trinajstić information content (AvgIpc) is 3.01. The molecule has 1 aromatic heterocycles. The Morgan fingerprint density at radius 2 is 2.09 bits per heavy atom. The van der Waals surface area contributed by atoms with Crippen LogP contribution in [0.4, 0.5) is 4.39 Å². The van der Waals surface area contributed by atoms with Gasteiger partial charge >= 0.3 is 0 Å². The van der Waals surface area contributed by atoms with Gasteiger partial charge in [0.15, 0.2) is 0 Å². The molecule has 1 aromatic carbocycles. The minimum atomic E-state index is -0.683. The van der Waals surface area contributed by atoms with E-state index >= 15 is 0 Å².